The Labute approximate surface area is 135 Å². The molecule has 0 aromatic heterocycles. The summed E-state index contributed by atoms with van der Waals surface area (Å²) in [6.45, 7) is 3.54. The van der Waals surface area contributed by atoms with E-state index in [1.165, 1.54) is 0 Å². The number of nitrogens with two attached hydrogens (primary N) is 1. The topological polar surface area (TPSA) is 66.6 Å². The molecule has 0 bridgehead atoms. The van der Waals surface area contributed by atoms with Crippen molar-refractivity contribution in [3.63, 3.8) is 0 Å². The third-order valence-electron chi connectivity index (χ3n) is 4.41. The van der Waals surface area contributed by atoms with Crippen molar-refractivity contribution < 1.29 is 9.59 Å². The van der Waals surface area contributed by atoms with Crippen LogP contribution < -0.4 is 5.73 Å². The van der Waals surface area contributed by atoms with Gasteiger partial charge in [0, 0.05) is 44.7 Å². The number of Topliss-reactive ketones (excluding diaryl/α,β-unsaturated/α-hetero) is 1. The molecule has 3 rings (SSSR count). The molecule has 1 aliphatic rings. The van der Waals surface area contributed by atoms with E-state index in [4.69, 9.17) is 5.73 Å². The van der Waals surface area contributed by atoms with Crippen molar-refractivity contribution in [2.45, 2.75) is 6.42 Å². The third-order valence-corrected chi connectivity index (χ3v) is 4.41. The van der Waals surface area contributed by atoms with Gasteiger partial charge in [-0.2, -0.15) is 0 Å². The Morgan fingerprint density at radius 2 is 1.65 bits per heavy atom. The maximum atomic E-state index is 12.4. The molecule has 2 aromatic rings. The summed E-state index contributed by atoms with van der Waals surface area (Å²) in [5, 5.41) is 2.24. The smallest absolute Gasteiger partial charge is 0.314 e. The third kappa shape index (κ3) is 3.68. The maximum Gasteiger partial charge on any atom is 0.314 e. The molecule has 0 atom stereocenters. The number of carbonyl (C=O) groups excluding carboxylic acids is 2. The molecule has 5 heteroatoms. The van der Waals surface area contributed by atoms with Crippen LogP contribution in [-0.2, 0) is 0 Å². The van der Waals surface area contributed by atoms with Gasteiger partial charge >= 0.3 is 6.03 Å². The van der Waals surface area contributed by atoms with Gasteiger partial charge in [-0.05, 0) is 16.8 Å². The molecule has 1 heterocycles. The van der Waals surface area contributed by atoms with Gasteiger partial charge in [-0.1, -0.05) is 36.4 Å². The highest BCUT2D eigenvalue weighted by molar-refractivity contribution is 6.00. The number of piperazine rings is 1. The van der Waals surface area contributed by atoms with Gasteiger partial charge < -0.3 is 10.6 Å². The summed E-state index contributed by atoms with van der Waals surface area (Å²) in [6.07, 6.45) is 0.495. The molecule has 120 valence electrons. The van der Waals surface area contributed by atoms with E-state index < -0.39 is 0 Å². The average molecular weight is 311 g/mol. The molecule has 1 saturated heterocycles. The SMILES string of the molecule is NC(=O)N1CCN(CCC(=O)c2ccc3ccccc3c2)CC1. The van der Waals surface area contributed by atoms with E-state index in [1.807, 2.05) is 42.5 Å². The van der Waals surface area contributed by atoms with Crippen LogP contribution in [0, 0.1) is 0 Å². The van der Waals surface area contributed by atoms with Crippen molar-refractivity contribution in [3.05, 3.63) is 48.0 Å². The number of hydrogen-bond donors (Lipinski definition) is 1. The van der Waals surface area contributed by atoms with E-state index in [1.54, 1.807) is 4.90 Å². The molecule has 5 nitrogen and oxygen atoms in total. The highest BCUT2D eigenvalue weighted by atomic mass is 16.2. The van der Waals surface area contributed by atoms with Crippen molar-refractivity contribution in [2.24, 2.45) is 5.73 Å². The molecule has 1 aliphatic heterocycles. The first-order valence-electron chi connectivity index (χ1n) is 7.92. The number of fused-ring (bicyclic) bond motifs is 1. The molecule has 0 unspecified atom stereocenters. The minimum atomic E-state index is -0.364. The van der Waals surface area contributed by atoms with E-state index in [-0.39, 0.29) is 11.8 Å². The molecule has 0 aliphatic carbocycles. The van der Waals surface area contributed by atoms with Crippen LogP contribution in [0.25, 0.3) is 10.8 Å². The fourth-order valence-corrected chi connectivity index (χ4v) is 2.96. The van der Waals surface area contributed by atoms with Crippen LogP contribution in [0.3, 0.4) is 0 Å². The fourth-order valence-electron chi connectivity index (χ4n) is 2.96. The molecular weight excluding hydrogens is 290 g/mol. The van der Waals surface area contributed by atoms with Crippen LogP contribution >= 0.6 is 0 Å². The standard InChI is InChI=1S/C18H21N3O2/c19-18(23)21-11-9-20(10-12-21)8-7-17(22)16-6-5-14-3-1-2-4-15(14)13-16/h1-6,13H,7-12H2,(H2,19,23). The van der Waals surface area contributed by atoms with Gasteiger partial charge in [-0.25, -0.2) is 4.79 Å². The first-order valence-corrected chi connectivity index (χ1v) is 7.92. The van der Waals surface area contributed by atoms with E-state index in [2.05, 4.69) is 4.90 Å². The Morgan fingerprint density at radius 3 is 2.35 bits per heavy atom. The predicted molar refractivity (Wildman–Crippen MR) is 90.5 cm³/mol. The zero-order valence-electron chi connectivity index (χ0n) is 13.1. The van der Waals surface area contributed by atoms with E-state index in [0.29, 0.717) is 19.5 Å². The lowest BCUT2D eigenvalue weighted by molar-refractivity contribution is 0.0941. The lowest BCUT2D eigenvalue weighted by Gasteiger charge is -2.33. The molecule has 2 amide bonds. The molecule has 0 saturated carbocycles. The number of nitrogens with zero attached hydrogens (tertiary/aromatic N) is 2. The van der Waals surface area contributed by atoms with Crippen molar-refractivity contribution in [1.29, 1.82) is 0 Å². The number of urea groups is 1. The summed E-state index contributed by atoms with van der Waals surface area (Å²) < 4.78 is 0. The molecule has 2 aromatic carbocycles. The lowest BCUT2D eigenvalue weighted by Crippen LogP contribution is -2.50. The summed E-state index contributed by atoms with van der Waals surface area (Å²) in [7, 11) is 0. The van der Waals surface area contributed by atoms with Gasteiger partial charge in [-0.3, -0.25) is 9.69 Å². The summed E-state index contributed by atoms with van der Waals surface area (Å²) in [5.74, 6) is 0.160. The number of benzene rings is 2. The van der Waals surface area contributed by atoms with Gasteiger partial charge in [0.15, 0.2) is 5.78 Å². The van der Waals surface area contributed by atoms with Gasteiger partial charge in [0.05, 0.1) is 0 Å². The van der Waals surface area contributed by atoms with Crippen LogP contribution in [0.4, 0.5) is 4.79 Å². The summed E-state index contributed by atoms with van der Waals surface area (Å²) >= 11 is 0. The number of ketones is 1. The number of carbonyl (C=O) groups is 2. The number of hydrogen-bond acceptors (Lipinski definition) is 3. The zero-order valence-corrected chi connectivity index (χ0v) is 13.1. The highest BCUT2D eigenvalue weighted by Crippen LogP contribution is 2.17. The van der Waals surface area contributed by atoms with Gasteiger partial charge in [0.25, 0.3) is 0 Å². The zero-order chi connectivity index (χ0) is 16.2. The Kier molecular flexibility index (Phi) is 4.57. The molecule has 1 fully saturated rings. The Hall–Kier alpha value is -2.40. The predicted octanol–water partition coefficient (Wildman–Crippen LogP) is 2.11. The van der Waals surface area contributed by atoms with Crippen LogP contribution in [0.1, 0.15) is 16.8 Å². The Balaban J connectivity index is 1.55. The van der Waals surface area contributed by atoms with Crippen LogP contribution in [-0.4, -0.2) is 54.3 Å². The molecule has 2 N–H and O–H groups in total. The summed E-state index contributed by atoms with van der Waals surface area (Å²) in [4.78, 5) is 27.3. The second-order valence-electron chi connectivity index (χ2n) is 5.90. The van der Waals surface area contributed by atoms with E-state index >= 15 is 0 Å². The number of primary amides is 1. The van der Waals surface area contributed by atoms with Gasteiger partial charge in [0.1, 0.15) is 0 Å². The molecule has 23 heavy (non-hydrogen) atoms. The largest absolute Gasteiger partial charge is 0.351 e. The first-order chi connectivity index (χ1) is 11.1. The first kappa shape index (κ1) is 15.5. The number of amides is 2. The number of rotatable bonds is 4. The van der Waals surface area contributed by atoms with Crippen molar-refractivity contribution in [1.82, 2.24) is 9.80 Å². The summed E-state index contributed by atoms with van der Waals surface area (Å²) in [6, 6.07) is 13.5. The summed E-state index contributed by atoms with van der Waals surface area (Å²) in [5.41, 5.74) is 6.03. The fraction of sp³-hybridized carbons (Fsp3) is 0.333. The average Bonchev–Trinajstić information content (AvgIpc) is 2.59. The van der Waals surface area contributed by atoms with E-state index in [9.17, 15) is 9.59 Å². The van der Waals surface area contributed by atoms with Gasteiger partial charge in [-0.15, -0.1) is 0 Å². The second-order valence-corrected chi connectivity index (χ2v) is 5.90. The van der Waals surface area contributed by atoms with Crippen molar-refractivity contribution >= 4 is 22.6 Å². The lowest BCUT2D eigenvalue weighted by atomic mass is 10.0. The Bertz CT molecular complexity index is 721. The second kappa shape index (κ2) is 6.79. The normalized spacial score (nSPS) is 15.7. The molecule has 0 spiro atoms. The minimum absolute atomic E-state index is 0.160. The van der Waals surface area contributed by atoms with Crippen LogP contribution in [0.15, 0.2) is 42.5 Å². The quantitative estimate of drug-likeness (QED) is 0.879. The maximum absolute atomic E-state index is 12.4. The minimum Gasteiger partial charge on any atom is -0.351 e. The van der Waals surface area contributed by atoms with Crippen LogP contribution in [0.2, 0.25) is 0 Å². The monoisotopic (exact) mass is 311 g/mol. The van der Waals surface area contributed by atoms with Crippen LogP contribution in [0.5, 0.6) is 0 Å². The van der Waals surface area contributed by atoms with E-state index in [0.717, 1.165) is 36.0 Å². The molecule has 0 radical (unpaired) electrons. The Morgan fingerprint density at radius 1 is 0.957 bits per heavy atom. The van der Waals surface area contributed by atoms with Crippen molar-refractivity contribution in [2.75, 3.05) is 32.7 Å². The van der Waals surface area contributed by atoms with Gasteiger partial charge in [0.2, 0.25) is 0 Å². The molecular formula is C18H21N3O2. The highest BCUT2D eigenvalue weighted by Gasteiger charge is 2.19. The van der Waals surface area contributed by atoms with Crippen molar-refractivity contribution in [3.8, 4) is 0 Å².